The molecule has 1 aromatic carbocycles. The number of nitrogens with one attached hydrogen (secondary N) is 1. The highest BCUT2D eigenvalue weighted by molar-refractivity contribution is 9.10. The van der Waals surface area contributed by atoms with Crippen molar-refractivity contribution >= 4 is 15.9 Å². The second-order valence-electron chi connectivity index (χ2n) is 4.75. The van der Waals surface area contributed by atoms with Gasteiger partial charge in [0.25, 0.3) is 0 Å². The highest BCUT2D eigenvalue weighted by Crippen LogP contribution is 2.28. The Kier molecular flexibility index (Phi) is 7.29. The molecular formula is C16H24BrN. The van der Waals surface area contributed by atoms with Gasteiger partial charge in [0.05, 0.1) is 0 Å². The number of benzene rings is 1. The monoisotopic (exact) mass is 309 g/mol. The Labute approximate surface area is 120 Å². The Morgan fingerprint density at radius 3 is 2.83 bits per heavy atom. The number of aryl methyl sites for hydroxylation is 1. The average Bonchev–Trinajstić information content (AvgIpc) is 2.34. The maximum absolute atomic E-state index is 3.79. The fourth-order valence-electron chi connectivity index (χ4n) is 2.07. The SMILES string of the molecule is C=CCCCC(NCCC)c1ccc(C)cc1Br. The first-order chi connectivity index (χ1) is 8.69. The molecule has 1 atom stereocenters. The van der Waals surface area contributed by atoms with Crippen LogP contribution in [0.5, 0.6) is 0 Å². The van der Waals surface area contributed by atoms with Crippen molar-refractivity contribution < 1.29 is 0 Å². The van der Waals surface area contributed by atoms with Crippen LogP contribution in [0.4, 0.5) is 0 Å². The predicted octanol–water partition coefficient (Wildman–Crippen LogP) is 5.15. The molecule has 0 aromatic heterocycles. The van der Waals surface area contributed by atoms with Crippen LogP contribution in [0.1, 0.15) is 49.8 Å². The van der Waals surface area contributed by atoms with Crippen LogP contribution >= 0.6 is 15.9 Å². The van der Waals surface area contributed by atoms with E-state index in [0.717, 1.165) is 19.4 Å². The predicted molar refractivity (Wildman–Crippen MR) is 84.0 cm³/mol. The van der Waals surface area contributed by atoms with Crippen LogP contribution in [0.25, 0.3) is 0 Å². The van der Waals surface area contributed by atoms with Gasteiger partial charge in [-0.15, -0.1) is 6.58 Å². The van der Waals surface area contributed by atoms with Crippen LogP contribution in [0.2, 0.25) is 0 Å². The molecule has 1 rings (SSSR count). The standard InChI is InChI=1S/C16H24BrN/c1-4-6-7-8-16(18-11-5-2)14-10-9-13(3)12-15(14)17/h4,9-10,12,16,18H,1,5-8,11H2,2-3H3. The summed E-state index contributed by atoms with van der Waals surface area (Å²) >= 11 is 3.69. The molecular weight excluding hydrogens is 286 g/mol. The zero-order valence-electron chi connectivity index (χ0n) is 11.5. The summed E-state index contributed by atoms with van der Waals surface area (Å²) in [5.41, 5.74) is 2.67. The molecule has 18 heavy (non-hydrogen) atoms. The van der Waals surface area contributed by atoms with E-state index in [2.05, 4.69) is 59.9 Å². The molecule has 1 unspecified atom stereocenters. The van der Waals surface area contributed by atoms with Gasteiger partial charge < -0.3 is 5.32 Å². The molecule has 1 nitrogen and oxygen atoms in total. The Morgan fingerprint density at radius 1 is 1.44 bits per heavy atom. The lowest BCUT2D eigenvalue weighted by atomic mass is 9.99. The van der Waals surface area contributed by atoms with Gasteiger partial charge in [-0.1, -0.05) is 41.1 Å². The van der Waals surface area contributed by atoms with Gasteiger partial charge in [-0.2, -0.15) is 0 Å². The van der Waals surface area contributed by atoms with E-state index in [-0.39, 0.29) is 0 Å². The van der Waals surface area contributed by atoms with E-state index < -0.39 is 0 Å². The first-order valence-electron chi connectivity index (χ1n) is 6.79. The number of halogens is 1. The molecule has 0 aliphatic heterocycles. The van der Waals surface area contributed by atoms with Crippen LogP contribution < -0.4 is 5.32 Å². The third kappa shape index (κ3) is 4.95. The summed E-state index contributed by atoms with van der Waals surface area (Å²) in [6.45, 7) is 9.19. The van der Waals surface area contributed by atoms with E-state index in [4.69, 9.17) is 0 Å². The second-order valence-corrected chi connectivity index (χ2v) is 5.61. The van der Waals surface area contributed by atoms with E-state index in [1.54, 1.807) is 0 Å². The average molecular weight is 310 g/mol. The zero-order chi connectivity index (χ0) is 13.4. The molecule has 0 radical (unpaired) electrons. The first kappa shape index (κ1) is 15.5. The summed E-state index contributed by atoms with van der Waals surface area (Å²) in [4.78, 5) is 0. The van der Waals surface area contributed by atoms with Crippen molar-refractivity contribution in [3.8, 4) is 0 Å². The summed E-state index contributed by atoms with van der Waals surface area (Å²) < 4.78 is 1.22. The quantitative estimate of drug-likeness (QED) is 0.517. The Bertz CT molecular complexity index is 373. The molecule has 0 aliphatic rings. The lowest BCUT2D eigenvalue weighted by molar-refractivity contribution is 0.485. The number of hydrogen-bond donors (Lipinski definition) is 1. The largest absolute Gasteiger partial charge is 0.310 e. The van der Waals surface area contributed by atoms with Gasteiger partial charge in [-0.05, 0) is 56.3 Å². The van der Waals surface area contributed by atoms with Gasteiger partial charge in [0.1, 0.15) is 0 Å². The van der Waals surface area contributed by atoms with Gasteiger partial charge in [-0.25, -0.2) is 0 Å². The zero-order valence-corrected chi connectivity index (χ0v) is 13.1. The van der Waals surface area contributed by atoms with Crippen molar-refractivity contribution in [1.82, 2.24) is 5.32 Å². The van der Waals surface area contributed by atoms with E-state index >= 15 is 0 Å². The molecule has 0 saturated heterocycles. The van der Waals surface area contributed by atoms with Crippen LogP contribution in [0.3, 0.4) is 0 Å². The molecule has 2 heteroatoms. The molecule has 1 aromatic rings. The molecule has 1 N–H and O–H groups in total. The Morgan fingerprint density at radius 2 is 2.22 bits per heavy atom. The summed E-state index contributed by atoms with van der Waals surface area (Å²) in [6, 6.07) is 7.07. The van der Waals surface area contributed by atoms with Crippen LogP contribution in [0.15, 0.2) is 35.3 Å². The minimum Gasteiger partial charge on any atom is -0.310 e. The summed E-state index contributed by atoms with van der Waals surface area (Å²) in [5, 5.41) is 3.64. The van der Waals surface area contributed by atoms with Gasteiger partial charge in [-0.3, -0.25) is 0 Å². The molecule has 0 bridgehead atoms. The van der Waals surface area contributed by atoms with Crippen molar-refractivity contribution in [1.29, 1.82) is 0 Å². The van der Waals surface area contributed by atoms with Gasteiger partial charge in [0, 0.05) is 10.5 Å². The van der Waals surface area contributed by atoms with Crippen molar-refractivity contribution in [2.24, 2.45) is 0 Å². The summed E-state index contributed by atoms with van der Waals surface area (Å²) in [5.74, 6) is 0. The van der Waals surface area contributed by atoms with Crippen LogP contribution in [0, 0.1) is 6.92 Å². The Hall–Kier alpha value is -0.600. The van der Waals surface area contributed by atoms with E-state index in [9.17, 15) is 0 Å². The minimum absolute atomic E-state index is 0.444. The lowest BCUT2D eigenvalue weighted by Crippen LogP contribution is -2.22. The van der Waals surface area contributed by atoms with Crippen molar-refractivity contribution in [3.05, 3.63) is 46.5 Å². The molecule has 0 amide bonds. The summed E-state index contributed by atoms with van der Waals surface area (Å²) in [7, 11) is 0. The van der Waals surface area contributed by atoms with Gasteiger partial charge in [0.2, 0.25) is 0 Å². The molecule has 0 saturated carbocycles. The molecule has 0 heterocycles. The molecule has 100 valence electrons. The van der Waals surface area contributed by atoms with Gasteiger partial charge in [0.15, 0.2) is 0 Å². The first-order valence-corrected chi connectivity index (χ1v) is 7.58. The molecule has 0 fully saturated rings. The Balaban J connectivity index is 2.76. The highest BCUT2D eigenvalue weighted by atomic mass is 79.9. The van der Waals surface area contributed by atoms with Gasteiger partial charge >= 0.3 is 0 Å². The fourth-order valence-corrected chi connectivity index (χ4v) is 2.84. The summed E-state index contributed by atoms with van der Waals surface area (Å²) in [6.07, 6.45) is 6.61. The van der Waals surface area contributed by atoms with E-state index in [0.29, 0.717) is 6.04 Å². The smallest absolute Gasteiger partial charge is 0.0331 e. The molecule has 0 spiro atoms. The third-order valence-corrected chi connectivity index (χ3v) is 3.76. The van der Waals surface area contributed by atoms with E-state index in [1.807, 2.05) is 6.08 Å². The highest BCUT2D eigenvalue weighted by Gasteiger charge is 2.13. The maximum Gasteiger partial charge on any atom is 0.0331 e. The van der Waals surface area contributed by atoms with E-state index in [1.165, 1.54) is 28.4 Å². The third-order valence-electron chi connectivity index (χ3n) is 3.07. The maximum atomic E-state index is 3.79. The lowest BCUT2D eigenvalue weighted by Gasteiger charge is -2.20. The van der Waals surface area contributed by atoms with Crippen molar-refractivity contribution in [2.45, 2.75) is 45.6 Å². The second kappa shape index (κ2) is 8.49. The topological polar surface area (TPSA) is 12.0 Å². The minimum atomic E-state index is 0.444. The number of unbranched alkanes of at least 4 members (excludes halogenated alkanes) is 1. The van der Waals surface area contributed by atoms with Crippen LogP contribution in [-0.4, -0.2) is 6.54 Å². The fraction of sp³-hybridized carbons (Fsp3) is 0.500. The number of rotatable bonds is 8. The molecule has 0 aliphatic carbocycles. The normalized spacial score (nSPS) is 12.4. The van der Waals surface area contributed by atoms with Crippen molar-refractivity contribution in [2.75, 3.05) is 6.54 Å². The van der Waals surface area contributed by atoms with Crippen LogP contribution in [-0.2, 0) is 0 Å². The number of allylic oxidation sites excluding steroid dienone is 1. The van der Waals surface area contributed by atoms with Crippen molar-refractivity contribution in [3.63, 3.8) is 0 Å². The number of hydrogen-bond acceptors (Lipinski definition) is 1.